The van der Waals surface area contributed by atoms with E-state index in [4.69, 9.17) is 20.9 Å². The first-order valence-electron chi connectivity index (χ1n) is 17.6. The maximum absolute atomic E-state index is 12.7. The summed E-state index contributed by atoms with van der Waals surface area (Å²) < 4.78 is 11.2. The van der Waals surface area contributed by atoms with E-state index >= 15 is 0 Å². The number of hydrogen-bond acceptors (Lipinski definition) is 6. The molecule has 0 bridgehead atoms. The molecule has 6 nitrogen and oxygen atoms in total. The van der Waals surface area contributed by atoms with Crippen molar-refractivity contribution in [2.45, 2.75) is 131 Å². The fourth-order valence-corrected chi connectivity index (χ4v) is 10.3. The number of anilines is 2. The third kappa shape index (κ3) is 6.99. The van der Waals surface area contributed by atoms with Crippen LogP contribution in [0.25, 0.3) is 0 Å². The largest absolute Gasteiger partial charge is 0.462 e. The lowest BCUT2D eigenvalue weighted by atomic mass is 9.47. The van der Waals surface area contributed by atoms with Gasteiger partial charge in [0.15, 0.2) is 0 Å². The van der Waals surface area contributed by atoms with E-state index in [2.05, 4.69) is 40.7 Å². The zero-order valence-electron chi connectivity index (χ0n) is 28.0. The second-order valence-electron chi connectivity index (χ2n) is 15.8. The standard InChI is InChI=1S/C38H58N2O4/c1-24(2)7-6-8-25(3)32-11-12-33-31-10-9-27-21-30(15-17-37(27,4)34(31)16-18-38(32,33)5)44-36(42)14-13-35(41)43-23-26-19-28(39)22-29(40)20-26/h9,19-20,22,24-25,30-34H,6-8,10-18,21,23,39-40H2,1-5H3. The number of carbonyl (C=O) groups excluding carboxylic acids is 2. The lowest BCUT2D eigenvalue weighted by Gasteiger charge is -2.58. The molecular formula is C38H58N2O4. The SMILES string of the molecule is CC(C)CCCC(C)C1CCC2C3CC=C4CC(OC(=O)CCC(=O)OCc5cc(N)cc(N)c5)CCC4(C)C3CCC12C. The molecule has 6 heteroatoms. The highest BCUT2D eigenvalue weighted by molar-refractivity contribution is 5.77. The number of rotatable bonds is 11. The fraction of sp³-hybridized carbons (Fsp3) is 0.737. The lowest BCUT2D eigenvalue weighted by molar-refractivity contribution is -0.155. The van der Waals surface area contributed by atoms with Crippen LogP contribution in [-0.2, 0) is 25.7 Å². The summed E-state index contributed by atoms with van der Waals surface area (Å²) >= 11 is 0. The summed E-state index contributed by atoms with van der Waals surface area (Å²) in [6.07, 6.45) is 16.2. The number of esters is 2. The Labute approximate surface area is 266 Å². The van der Waals surface area contributed by atoms with Crippen LogP contribution in [0.15, 0.2) is 29.8 Å². The molecule has 1 aromatic carbocycles. The van der Waals surface area contributed by atoms with E-state index in [1.54, 1.807) is 18.2 Å². The van der Waals surface area contributed by atoms with Gasteiger partial charge in [0, 0.05) is 17.8 Å². The molecule has 4 aliphatic carbocycles. The van der Waals surface area contributed by atoms with Crippen LogP contribution in [0.1, 0.15) is 124 Å². The molecule has 0 spiro atoms. The number of fused-ring (bicyclic) bond motifs is 5. The Morgan fingerprint density at radius 1 is 0.909 bits per heavy atom. The van der Waals surface area contributed by atoms with E-state index in [0.29, 0.717) is 16.8 Å². The summed E-state index contributed by atoms with van der Waals surface area (Å²) in [5, 5.41) is 0. The highest BCUT2D eigenvalue weighted by atomic mass is 16.5. The topological polar surface area (TPSA) is 105 Å². The van der Waals surface area contributed by atoms with E-state index in [1.165, 1.54) is 56.9 Å². The van der Waals surface area contributed by atoms with Gasteiger partial charge in [-0.1, -0.05) is 65.5 Å². The fourth-order valence-electron chi connectivity index (χ4n) is 10.3. The Morgan fingerprint density at radius 3 is 2.36 bits per heavy atom. The molecule has 1 aromatic rings. The molecule has 244 valence electrons. The van der Waals surface area contributed by atoms with Crippen LogP contribution in [0.3, 0.4) is 0 Å². The molecule has 3 saturated carbocycles. The van der Waals surface area contributed by atoms with E-state index in [1.807, 2.05) is 0 Å². The first-order valence-corrected chi connectivity index (χ1v) is 17.6. The minimum atomic E-state index is -0.427. The third-order valence-corrected chi connectivity index (χ3v) is 12.5. The van der Waals surface area contributed by atoms with Crippen molar-refractivity contribution < 1.29 is 19.1 Å². The van der Waals surface area contributed by atoms with Gasteiger partial charge in [-0.25, -0.2) is 0 Å². The molecule has 0 heterocycles. The van der Waals surface area contributed by atoms with Crippen LogP contribution >= 0.6 is 0 Å². The quantitative estimate of drug-likeness (QED) is 0.148. The minimum Gasteiger partial charge on any atom is -0.462 e. The van der Waals surface area contributed by atoms with Gasteiger partial charge in [0.2, 0.25) is 0 Å². The van der Waals surface area contributed by atoms with Crippen molar-refractivity contribution >= 4 is 23.3 Å². The van der Waals surface area contributed by atoms with Gasteiger partial charge in [0.25, 0.3) is 0 Å². The predicted molar refractivity (Wildman–Crippen MR) is 177 cm³/mol. The number of benzene rings is 1. The number of nitrogens with two attached hydrogens (primary N) is 2. The molecule has 3 fully saturated rings. The Morgan fingerprint density at radius 2 is 1.64 bits per heavy atom. The molecule has 44 heavy (non-hydrogen) atoms. The van der Waals surface area contributed by atoms with Crippen LogP contribution in [0.4, 0.5) is 11.4 Å². The van der Waals surface area contributed by atoms with E-state index in [9.17, 15) is 9.59 Å². The average Bonchev–Trinajstić information content (AvgIpc) is 3.32. The van der Waals surface area contributed by atoms with Gasteiger partial charge in [-0.2, -0.15) is 0 Å². The van der Waals surface area contributed by atoms with Gasteiger partial charge in [-0.3, -0.25) is 9.59 Å². The summed E-state index contributed by atoms with van der Waals surface area (Å²) in [7, 11) is 0. The van der Waals surface area contributed by atoms with Crippen molar-refractivity contribution in [3.63, 3.8) is 0 Å². The molecule has 4 N–H and O–H groups in total. The maximum Gasteiger partial charge on any atom is 0.306 e. The van der Waals surface area contributed by atoms with E-state index in [-0.39, 0.29) is 36.9 Å². The molecule has 8 unspecified atom stereocenters. The highest BCUT2D eigenvalue weighted by Gasteiger charge is 2.59. The summed E-state index contributed by atoms with van der Waals surface area (Å²) in [6.45, 7) is 12.5. The molecule has 4 aliphatic rings. The molecule has 8 atom stereocenters. The third-order valence-electron chi connectivity index (χ3n) is 12.5. The van der Waals surface area contributed by atoms with Gasteiger partial charge < -0.3 is 20.9 Å². The number of ether oxygens (including phenoxy) is 2. The van der Waals surface area contributed by atoms with Crippen molar-refractivity contribution in [3.05, 3.63) is 35.4 Å². The van der Waals surface area contributed by atoms with Gasteiger partial charge in [-0.05, 0) is 115 Å². The van der Waals surface area contributed by atoms with E-state index in [0.717, 1.165) is 60.3 Å². The molecule has 0 aliphatic heterocycles. The predicted octanol–water partition coefficient (Wildman–Crippen LogP) is 8.63. The molecule has 5 rings (SSSR count). The van der Waals surface area contributed by atoms with Crippen molar-refractivity contribution in [2.24, 2.45) is 46.3 Å². The van der Waals surface area contributed by atoms with Crippen molar-refractivity contribution in [1.82, 2.24) is 0 Å². The molecule has 0 aromatic heterocycles. The lowest BCUT2D eigenvalue weighted by Crippen LogP contribution is -2.51. The Bertz CT molecular complexity index is 1200. The Hall–Kier alpha value is -2.50. The summed E-state index contributed by atoms with van der Waals surface area (Å²) in [6, 6.07) is 5.11. The minimum absolute atomic E-state index is 0.00497. The Kier molecular flexibility index (Phi) is 10.1. The van der Waals surface area contributed by atoms with Gasteiger partial charge in [0.1, 0.15) is 12.7 Å². The van der Waals surface area contributed by atoms with Crippen molar-refractivity contribution in [2.75, 3.05) is 11.5 Å². The van der Waals surface area contributed by atoms with Gasteiger partial charge >= 0.3 is 11.9 Å². The second kappa shape index (κ2) is 13.5. The molecule has 0 amide bonds. The van der Waals surface area contributed by atoms with Crippen LogP contribution in [0.5, 0.6) is 0 Å². The molecular weight excluding hydrogens is 548 g/mol. The first kappa shape index (κ1) is 32.9. The number of carbonyl (C=O) groups is 2. The molecule has 0 radical (unpaired) electrons. The normalized spacial score (nSPS) is 33.5. The number of nitrogen functional groups attached to an aromatic ring is 2. The summed E-state index contributed by atoms with van der Waals surface area (Å²) in [5.41, 5.74) is 15.6. The van der Waals surface area contributed by atoms with E-state index < -0.39 is 5.97 Å². The van der Waals surface area contributed by atoms with Gasteiger partial charge in [-0.15, -0.1) is 0 Å². The monoisotopic (exact) mass is 606 g/mol. The summed E-state index contributed by atoms with van der Waals surface area (Å²) in [5.74, 6) is 4.17. The zero-order valence-corrected chi connectivity index (χ0v) is 28.0. The number of allylic oxidation sites excluding steroid dienone is 1. The number of hydrogen-bond donors (Lipinski definition) is 2. The average molecular weight is 607 g/mol. The van der Waals surface area contributed by atoms with Crippen molar-refractivity contribution in [1.29, 1.82) is 0 Å². The van der Waals surface area contributed by atoms with Gasteiger partial charge in [0.05, 0.1) is 12.8 Å². The smallest absolute Gasteiger partial charge is 0.306 e. The Balaban J connectivity index is 1.11. The highest BCUT2D eigenvalue weighted by Crippen LogP contribution is 2.67. The van der Waals surface area contributed by atoms with Crippen molar-refractivity contribution in [3.8, 4) is 0 Å². The van der Waals surface area contributed by atoms with Crippen LogP contribution in [0.2, 0.25) is 0 Å². The van der Waals surface area contributed by atoms with Crippen LogP contribution in [-0.4, -0.2) is 18.0 Å². The second-order valence-corrected chi connectivity index (χ2v) is 15.8. The van der Waals surface area contributed by atoms with Crippen LogP contribution in [0, 0.1) is 46.3 Å². The summed E-state index contributed by atoms with van der Waals surface area (Å²) in [4.78, 5) is 25.0. The zero-order chi connectivity index (χ0) is 31.6. The maximum atomic E-state index is 12.7. The van der Waals surface area contributed by atoms with Crippen LogP contribution < -0.4 is 11.5 Å². The molecule has 0 saturated heterocycles. The first-order chi connectivity index (χ1) is 20.9.